The van der Waals surface area contributed by atoms with Gasteiger partial charge in [0.1, 0.15) is 11.7 Å². The number of carbonyl (C=O) groups excluding carboxylic acids is 1. The van der Waals surface area contributed by atoms with Crippen molar-refractivity contribution in [1.29, 1.82) is 0 Å². The van der Waals surface area contributed by atoms with E-state index >= 15 is 0 Å². The Morgan fingerprint density at radius 1 is 1.05 bits per heavy atom. The third-order valence-electron chi connectivity index (χ3n) is 9.78. The molecule has 2 aromatic rings. The van der Waals surface area contributed by atoms with Crippen molar-refractivity contribution in [3.63, 3.8) is 0 Å². The molecule has 2 N–H and O–H groups in total. The molecule has 1 aliphatic heterocycles. The van der Waals surface area contributed by atoms with E-state index in [1.807, 2.05) is 13.8 Å². The normalized spacial score (nSPS) is 28.2. The molecule has 7 rings (SSSR count). The highest BCUT2D eigenvalue weighted by atomic mass is 32.2. The zero-order valence-electron chi connectivity index (χ0n) is 24.1. The summed E-state index contributed by atoms with van der Waals surface area (Å²) in [7, 11) is -4.15. The van der Waals surface area contributed by atoms with Crippen LogP contribution in [0, 0.1) is 23.6 Å². The van der Waals surface area contributed by atoms with Crippen molar-refractivity contribution < 1.29 is 30.8 Å². The highest BCUT2D eigenvalue weighted by Crippen LogP contribution is 2.60. The Kier molecular flexibility index (Phi) is 7.39. The minimum absolute atomic E-state index is 0.0808. The maximum absolute atomic E-state index is 14.0. The van der Waals surface area contributed by atoms with Gasteiger partial charge in [-0.1, -0.05) is 18.6 Å². The second-order valence-electron chi connectivity index (χ2n) is 13.2. The molecule has 7 nitrogen and oxygen atoms in total. The molecule has 12 heteroatoms. The summed E-state index contributed by atoms with van der Waals surface area (Å²) in [6, 6.07) is 8.47. The lowest BCUT2D eigenvalue weighted by molar-refractivity contribution is -0.137. The first kappa shape index (κ1) is 30.1. The predicted molar refractivity (Wildman–Crippen MR) is 153 cm³/mol. The summed E-state index contributed by atoms with van der Waals surface area (Å²) >= 11 is 0. The molecular weight excluding hydrogens is 584 g/mol. The number of hydrogen-bond donors (Lipinski definition) is 2. The van der Waals surface area contributed by atoms with Crippen LogP contribution in [0.15, 0.2) is 58.4 Å². The minimum Gasteiger partial charge on any atom is -0.366 e. The van der Waals surface area contributed by atoms with Gasteiger partial charge in [0.15, 0.2) is 6.04 Å². The smallest absolute Gasteiger partial charge is 0.366 e. The third kappa shape index (κ3) is 5.56. The topological polar surface area (TPSA) is 90.9 Å². The highest BCUT2D eigenvalue weighted by molar-refractivity contribution is 7.89. The summed E-state index contributed by atoms with van der Waals surface area (Å²) in [6.07, 6.45) is 0.490. The molecular formula is C31H36F4N4O3S. The number of rotatable bonds is 9. The van der Waals surface area contributed by atoms with Crippen LogP contribution in [0.1, 0.15) is 63.5 Å². The Labute approximate surface area is 249 Å². The van der Waals surface area contributed by atoms with Crippen molar-refractivity contribution in [2.45, 2.75) is 87.1 Å². The number of carbonyl (C=O) groups is 1. The van der Waals surface area contributed by atoms with Crippen molar-refractivity contribution in [2.75, 3.05) is 6.54 Å². The van der Waals surface area contributed by atoms with Crippen LogP contribution in [-0.4, -0.2) is 48.1 Å². The van der Waals surface area contributed by atoms with Gasteiger partial charge in [0, 0.05) is 24.5 Å². The molecule has 1 unspecified atom stereocenters. The third-order valence-corrected chi connectivity index (χ3v) is 11.7. The molecule has 5 aliphatic rings. The van der Waals surface area contributed by atoms with E-state index in [0.717, 1.165) is 37.1 Å². The van der Waals surface area contributed by atoms with Gasteiger partial charge in [0.2, 0.25) is 15.9 Å². The van der Waals surface area contributed by atoms with Crippen molar-refractivity contribution in [1.82, 2.24) is 14.9 Å². The van der Waals surface area contributed by atoms with Crippen molar-refractivity contribution >= 4 is 21.8 Å². The summed E-state index contributed by atoms with van der Waals surface area (Å²) in [5.41, 5.74) is -1.80. The fourth-order valence-electron chi connectivity index (χ4n) is 7.12. The van der Waals surface area contributed by atoms with Gasteiger partial charge in [-0.15, -0.1) is 0 Å². The molecule has 0 saturated heterocycles. The standard InChI is InChI=1S/C31H36F4N4O3S/c1-29(2)26(28(40)36-17-19-4-3-5-19)37-27(38-29)25-16-30(14-21(25)15-30)39(43(41,42)24-12-10-23(32)11-13-24)18-20-6-8-22(9-7-20)31(33,34)35/h6-13,19,21,25-26H,3-5,14-18H2,1-2H3,(H,36,40)(H,37,38)/t21?,25-,26?,30?/m0/s1. The fraction of sp³-hybridized carbons (Fsp3) is 0.548. The monoisotopic (exact) mass is 620 g/mol. The van der Waals surface area contributed by atoms with Gasteiger partial charge < -0.3 is 10.6 Å². The van der Waals surface area contributed by atoms with Crippen molar-refractivity contribution in [2.24, 2.45) is 22.7 Å². The Balaban J connectivity index is 1.26. The molecule has 0 radical (unpaired) electrons. The maximum atomic E-state index is 14.0. The molecule has 4 fully saturated rings. The quantitative estimate of drug-likeness (QED) is 0.374. The van der Waals surface area contributed by atoms with E-state index in [0.29, 0.717) is 43.1 Å². The summed E-state index contributed by atoms with van der Waals surface area (Å²) < 4.78 is 82.7. The molecule has 4 saturated carbocycles. The van der Waals surface area contributed by atoms with Crippen molar-refractivity contribution in [3.8, 4) is 0 Å². The number of alkyl halides is 3. The van der Waals surface area contributed by atoms with E-state index in [4.69, 9.17) is 4.99 Å². The number of nitrogens with zero attached hydrogens (tertiary/aromatic N) is 2. The number of hydrogen-bond acceptors (Lipinski definition) is 5. The largest absolute Gasteiger partial charge is 0.416 e. The number of nitrogens with one attached hydrogen (secondary N) is 2. The highest BCUT2D eigenvalue weighted by Gasteiger charge is 2.63. The zero-order chi connectivity index (χ0) is 30.8. The van der Waals surface area contributed by atoms with Crippen LogP contribution in [0.2, 0.25) is 0 Å². The number of aliphatic imine (C=N–C) groups is 1. The maximum Gasteiger partial charge on any atom is 0.416 e. The van der Waals surface area contributed by atoms with Crippen LogP contribution in [-0.2, 0) is 27.5 Å². The van der Waals surface area contributed by atoms with E-state index in [1.165, 1.54) is 35.0 Å². The molecule has 0 spiro atoms. The Morgan fingerprint density at radius 2 is 1.70 bits per heavy atom. The second kappa shape index (κ2) is 10.6. The molecule has 4 aliphatic carbocycles. The summed E-state index contributed by atoms with van der Waals surface area (Å²) in [4.78, 5) is 17.8. The number of fused-ring (bicyclic) bond motifs is 1. The van der Waals surface area contributed by atoms with E-state index < -0.39 is 44.7 Å². The number of amidine groups is 1. The van der Waals surface area contributed by atoms with E-state index in [9.17, 15) is 30.8 Å². The molecule has 232 valence electrons. The zero-order valence-corrected chi connectivity index (χ0v) is 24.9. The van der Waals surface area contributed by atoms with E-state index in [2.05, 4.69) is 10.6 Å². The molecule has 1 amide bonds. The second-order valence-corrected chi connectivity index (χ2v) is 15.0. The summed E-state index contributed by atoms with van der Waals surface area (Å²) in [6.45, 7) is 4.38. The van der Waals surface area contributed by atoms with Gasteiger partial charge in [-0.25, -0.2) is 12.8 Å². The van der Waals surface area contributed by atoms with Crippen LogP contribution >= 0.6 is 0 Å². The van der Waals surface area contributed by atoms with Crippen LogP contribution in [0.3, 0.4) is 0 Å². The first-order valence-electron chi connectivity index (χ1n) is 14.8. The molecule has 2 aromatic carbocycles. The van der Waals surface area contributed by atoms with Gasteiger partial charge in [0.05, 0.1) is 16.0 Å². The first-order valence-corrected chi connectivity index (χ1v) is 16.2. The van der Waals surface area contributed by atoms with E-state index in [-0.39, 0.29) is 29.2 Å². The summed E-state index contributed by atoms with van der Waals surface area (Å²) in [5.74, 6) is 0.564. The lowest BCUT2D eigenvalue weighted by Gasteiger charge is -2.46. The molecule has 2 atom stereocenters. The Bertz CT molecular complexity index is 1510. The fourth-order valence-corrected chi connectivity index (χ4v) is 8.91. The van der Waals surface area contributed by atoms with Gasteiger partial charge in [-0.3, -0.25) is 9.79 Å². The Hall–Kier alpha value is -2.99. The number of halogens is 4. The number of sulfonamides is 1. The average molecular weight is 621 g/mol. The SMILES string of the molecule is CC1(C)NC([C@H]2CC3(N(Cc4ccc(C(F)(F)F)cc4)S(=O)(=O)c4ccc(F)cc4)CC2C3)=NC1C(=O)NCC1CCC1. The van der Waals surface area contributed by atoms with Crippen LogP contribution in [0.5, 0.6) is 0 Å². The van der Waals surface area contributed by atoms with Gasteiger partial charge in [0.25, 0.3) is 0 Å². The van der Waals surface area contributed by atoms with Gasteiger partial charge in [-0.2, -0.15) is 17.5 Å². The number of benzene rings is 2. The van der Waals surface area contributed by atoms with E-state index in [1.54, 1.807) is 0 Å². The van der Waals surface area contributed by atoms with Gasteiger partial charge >= 0.3 is 6.18 Å². The molecule has 2 bridgehead atoms. The first-order chi connectivity index (χ1) is 20.2. The lowest BCUT2D eigenvalue weighted by atomic mass is 9.76. The Morgan fingerprint density at radius 3 is 2.28 bits per heavy atom. The lowest BCUT2D eigenvalue weighted by Crippen LogP contribution is -2.54. The minimum atomic E-state index is -4.51. The summed E-state index contributed by atoms with van der Waals surface area (Å²) in [5, 5.41) is 6.50. The van der Waals surface area contributed by atoms with Gasteiger partial charge in [-0.05, 0) is 99.7 Å². The molecule has 0 aromatic heterocycles. The number of amides is 1. The average Bonchev–Trinajstić information content (AvgIpc) is 3.55. The molecule has 43 heavy (non-hydrogen) atoms. The molecule has 1 heterocycles. The van der Waals surface area contributed by atoms with Crippen LogP contribution in [0.4, 0.5) is 17.6 Å². The van der Waals surface area contributed by atoms with Crippen LogP contribution in [0.25, 0.3) is 0 Å². The predicted octanol–water partition coefficient (Wildman–Crippen LogP) is 5.27. The van der Waals surface area contributed by atoms with Crippen LogP contribution < -0.4 is 10.6 Å². The van der Waals surface area contributed by atoms with Crippen molar-refractivity contribution in [3.05, 3.63) is 65.5 Å².